The summed E-state index contributed by atoms with van der Waals surface area (Å²) in [7, 11) is 0. The maximum Gasteiger partial charge on any atom is 0.0494 e. The molecule has 0 atom stereocenters. The molecule has 0 spiro atoms. The van der Waals surface area contributed by atoms with E-state index in [1.165, 1.54) is 182 Å². The Morgan fingerprint density at radius 3 is 0.624 bits per heavy atom. The SMILES string of the molecule is Cc1cc(N(c2cc(C)c(-c3ccc(-c4cccc5ccccc45)c4ccccc34)cc2C)c2cc(C)c(-c3ccc(-c4cccc5ccccc45)c4ccccc34)cc2C)c(C)cc1-c1ccc(-c2cccc3ccccc23)c2ccccc12. The third kappa shape index (κ3) is 8.69. The fourth-order valence-corrected chi connectivity index (χ4v) is 14.1. The van der Waals surface area contributed by atoms with Crippen molar-refractivity contribution in [3.63, 3.8) is 0 Å². The van der Waals surface area contributed by atoms with Crippen molar-refractivity contribution in [3.05, 3.63) is 306 Å². The molecular weight excluding hydrogens is 1020 g/mol. The van der Waals surface area contributed by atoms with E-state index in [1.54, 1.807) is 0 Å². The Bertz CT molecular complexity index is 4680. The lowest BCUT2D eigenvalue weighted by Gasteiger charge is -2.32. The second-order valence-corrected chi connectivity index (χ2v) is 23.4. The van der Waals surface area contributed by atoms with Gasteiger partial charge in [0.15, 0.2) is 0 Å². The molecule has 0 aliphatic carbocycles. The van der Waals surface area contributed by atoms with Crippen molar-refractivity contribution < 1.29 is 0 Å². The summed E-state index contributed by atoms with van der Waals surface area (Å²) in [5, 5.41) is 15.1. The molecule has 1 nitrogen and oxygen atoms in total. The minimum Gasteiger partial charge on any atom is -0.310 e. The number of anilines is 3. The standard InChI is InChI=1S/C84H63N/c1-52-49-82(55(4)46-79(52)76-43-40-73(67-31-13-16-34-70(67)76)64-37-19-25-58-22-7-10-28-61(58)64)85(83-50-53(2)80(47-56(83)5)77-44-41-74(68-32-14-17-35-71(68)77)65-38-20-26-59-23-8-11-29-62(59)65)84-51-54(3)81(48-57(84)6)78-45-42-75(69-33-15-18-36-72(69)78)66-39-21-27-60-24-9-12-30-63(60)66/h7-51H,1-6H3. The average Bonchev–Trinajstić information content (AvgIpc) is 2.40. The molecule has 0 fully saturated rings. The summed E-state index contributed by atoms with van der Waals surface area (Å²) in [6.45, 7) is 13.8. The van der Waals surface area contributed by atoms with Crippen LogP contribution in [0.3, 0.4) is 0 Å². The smallest absolute Gasteiger partial charge is 0.0494 e. The molecule has 0 N–H and O–H groups in total. The zero-order valence-electron chi connectivity index (χ0n) is 48.9. The number of hydrogen-bond donors (Lipinski definition) is 0. The Morgan fingerprint density at radius 1 is 0.165 bits per heavy atom. The van der Waals surface area contributed by atoms with Crippen LogP contribution in [0.15, 0.2) is 273 Å². The van der Waals surface area contributed by atoms with Gasteiger partial charge in [0.1, 0.15) is 0 Å². The highest BCUT2D eigenvalue weighted by atomic mass is 15.1. The zero-order chi connectivity index (χ0) is 57.4. The van der Waals surface area contributed by atoms with Crippen LogP contribution in [-0.4, -0.2) is 0 Å². The van der Waals surface area contributed by atoms with Gasteiger partial charge in [-0.05, 0) is 243 Å². The van der Waals surface area contributed by atoms with E-state index in [0.29, 0.717) is 0 Å². The van der Waals surface area contributed by atoms with Crippen LogP contribution in [0.25, 0.3) is 131 Å². The van der Waals surface area contributed by atoms with E-state index in [-0.39, 0.29) is 0 Å². The monoisotopic (exact) mass is 1090 g/mol. The van der Waals surface area contributed by atoms with Crippen molar-refractivity contribution in [2.75, 3.05) is 4.90 Å². The van der Waals surface area contributed by atoms with E-state index in [4.69, 9.17) is 0 Å². The first-order valence-corrected chi connectivity index (χ1v) is 29.8. The average molecular weight is 1090 g/mol. The first-order valence-electron chi connectivity index (χ1n) is 29.8. The number of nitrogens with zero attached hydrogens (tertiary/aromatic N) is 1. The Morgan fingerprint density at radius 2 is 0.365 bits per heavy atom. The molecule has 0 saturated carbocycles. The van der Waals surface area contributed by atoms with Crippen molar-refractivity contribution >= 4 is 81.7 Å². The molecule has 0 amide bonds. The topological polar surface area (TPSA) is 3.24 Å². The van der Waals surface area contributed by atoms with Crippen LogP contribution in [0, 0.1) is 41.5 Å². The van der Waals surface area contributed by atoms with Crippen molar-refractivity contribution in [3.8, 4) is 66.8 Å². The molecule has 0 heterocycles. The Labute approximate surface area is 498 Å². The highest BCUT2D eigenvalue weighted by Gasteiger charge is 2.25. The van der Waals surface area contributed by atoms with Gasteiger partial charge in [0.05, 0.1) is 0 Å². The highest BCUT2D eigenvalue weighted by molar-refractivity contribution is 6.13. The van der Waals surface area contributed by atoms with E-state index < -0.39 is 0 Å². The van der Waals surface area contributed by atoms with E-state index in [1.807, 2.05) is 0 Å². The number of aryl methyl sites for hydroxylation is 6. The summed E-state index contributed by atoms with van der Waals surface area (Å²) in [6, 6.07) is 102. The fourth-order valence-electron chi connectivity index (χ4n) is 14.1. The van der Waals surface area contributed by atoms with Gasteiger partial charge in [-0.25, -0.2) is 0 Å². The Balaban J connectivity index is 0.891. The van der Waals surface area contributed by atoms with Gasteiger partial charge >= 0.3 is 0 Å². The van der Waals surface area contributed by atoms with Crippen LogP contribution < -0.4 is 4.90 Å². The summed E-state index contributed by atoms with van der Waals surface area (Å²) in [5.74, 6) is 0. The van der Waals surface area contributed by atoms with Crippen LogP contribution in [0.4, 0.5) is 17.1 Å². The van der Waals surface area contributed by atoms with Crippen LogP contribution in [0.2, 0.25) is 0 Å². The molecule has 15 aromatic rings. The molecule has 15 aromatic carbocycles. The molecular formula is C84H63N. The van der Waals surface area contributed by atoms with Crippen molar-refractivity contribution in [2.45, 2.75) is 41.5 Å². The van der Waals surface area contributed by atoms with Crippen LogP contribution >= 0.6 is 0 Å². The van der Waals surface area contributed by atoms with Gasteiger partial charge in [-0.3, -0.25) is 0 Å². The van der Waals surface area contributed by atoms with Crippen LogP contribution in [0.1, 0.15) is 33.4 Å². The van der Waals surface area contributed by atoms with Gasteiger partial charge in [0.2, 0.25) is 0 Å². The highest BCUT2D eigenvalue weighted by Crippen LogP contribution is 2.49. The molecule has 0 unspecified atom stereocenters. The van der Waals surface area contributed by atoms with Crippen LogP contribution in [-0.2, 0) is 0 Å². The Hall–Kier alpha value is -10.3. The van der Waals surface area contributed by atoms with Crippen molar-refractivity contribution in [1.82, 2.24) is 0 Å². The summed E-state index contributed by atoms with van der Waals surface area (Å²) in [6.07, 6.45) is 0. The predicted molar refractivity (Wildman–Crippen MR) is 367 cm³/mol. The number of fused-ring (bicyclic) bond motifs is 6. The van der Waals surface area contributed by atoms with Crippen LogP contribution in [0.5, 0.6) is 0 Å². The van der Waals surface area contributed by atoms with E-state index in [2.05, 4.69) is 319 Å². The number of benzene rings is 15. The minimum atomic E-state index is 1.17. The second kappa shape index (κ2) is 20.8. The molecule has 0 aliphatic rings. The molecule has 85 heavy (non-hydrogen) atoms. The zero-order valence-corrected chi connectivity index (χ0v) is 48.9. The maximum absolute atomic E-state index is 2.56. The maximum atomic E-state index is 2.56. The second-order valence-electron chi connectivity index (χ2n) is 23.4. The van der Waals surface area contributed by atoms with Gasteiger partial charge in [-0.15, -0.1) is 0 Å². The summed E-state index contributed by atoms with van der Waals surface area (Å²) in [5.41, 5.74) is 25.7. The van der Waals surface area contributed by atoms with E-state index >= 15 is 0 Å². The Kier molecular flexibility index (Phi) is 12.6. The minimum absolute atomic E-state index is 1.17. The van der Waals surface area contributed by atoms with E-state index in [9.17, 15) is 0 Å². The molecule has 0 radical (unpaired) electrons. The van der Waals surface area contributed by atoms with Crippen molar-refractivity contribution in [1.29, 1.82) is 0 Å². The summed E-state index contributed by atoms with van der Waals surface area (Å²) in [4.78, 5) is 2.56. The lowest BCUT2D eigenvalue weighted by Crippen LogP contribution is -2.15. The van der Waals surface area contributed by atoms with Gasteiger partial charge in [-0.1, -0.05) is 237 Å². The fraction of sp³-hybridized carbons (Fsp3) is 0.0714. The van der Waals surface area contributed by atoms with Gasteiger partial charge in [0.25, 0.3) is 0 Å². The van der Waals surface area contributed by atoms with Crippen molar-refractivity contribution in [2.24, 2.45) is 0 Å². The lowest BCUT2D eigenvalue weighted by atomic mass is 9.87. The molecule has 404 valence electrons. The quantitative estimate of drug-likeness (QED) is 0.139. The number of hydrogen-bond acceptors (Lipinski definition) is 1. The van der Waals surface area contributed by atoms with E-state index in [0.717, 1.165) is 0 Å². The lowest BCUT2D eigenvalue weighted by molar-refractivity contribution is 1.18. The molecule has 15 rings (SSSR count). The third-order valence-electron chi connectivity index (χ3n) is 18.2. The normalized spacial score (nSPS) is 11.6. The first kappa shape index (κ1) is 51.5. The molecule has 0 aliphatic heterocycles. The molecule has 0 bridgehead atoms. The molecule has 1 heteroatoms. The van der Waals surface area contributed by atoms with Gasteiger partial charge < -0.3 is 4.90 Å². The third-order valence-corrected chi connectivity index (χ3v) is 18.2. The summed E-state index contributed by atoms with van der Waals surface area (Å²) >= 11 is 0. The molecule has 0 saturated heterocycles. The largest absolute Gasteiger partial charge is 0.310 e. The first-order chi connectivity index (χ1) is 41.7. The predicted octanol–water partition coefficient (Wildman–Crippen LogP) is 23.9. The van der Waals surface area contributed by atoms with Gasteiger partial charge in [-0.2, -0.15) is 0 Å². The van der Waals surface area contributed by atoms with Gasteiger partial charge in [0, 0.05) is 17.1 Å². The summed E-state index contributed by atoms with van der Waals surface area (Å²) < 4.78 is 0. The molecule has 0 aromatic heterocycles. The number of rotatable bonds is 9.